The molecule has 176 valence electrons. The number of benzene rings is 3. The van der Waals surface area contributed by atoms with Crippen molar-refractivity contribution in [3.05, 3.63) is 84.4 Å². The fourth-order valence-electron chi connectivity index (χ4n) is 3.26. The van der Waals surface area contributed by atoms with E-state index in [4.69, 9.17) is 0 Å². The van der Waals surface area contributed by atoms with Gasteiger partial charge in [-0.25, -0.2) is 0 Å². The Hall–Kier alpha value is -3.58. The van der Waals surface area contributed by atoms with E-state index in [1.54, 1.807) is 24.3 Å². The molecule has 3 N–H and O–H groups in total. The lowest BCUT2D eigenvalue weighted by Crippen LogP contribution is -2.19. The number of rotatable bonds is 10. The number of carbonyl (C=O) groups excluding carboxylic acids is 3. The molecule has 1 unspecified atom stereocenters. The topological polar surface area (TPSA) is 87.3 Å². The Morgan fingerprint density at radius 2 is 1.32 bits per heavy atom. The van der Waals surface area contributed by atoms with Gasteiger partial charge in [-0.05, 0) is 60.5 Å². The molecule has 3 aromatic carbocycles. The molecule has 0 aromatic heterocycles. The zero-order valence-electron chi connectivity index (χ0n) is 19.3. The first-order valence-corrected chi connectivity index (χ1v) is 12.1. The Bertz CT molecular complexity index is 1100. The van der Waals surface area contributed by atoms with Crippen molar-refractivity contribution in [3.8, 4) is 0 Å². The SMILES string of the molecule is CCCCC(=O)Nc1ccc(SC(C(=O)Nc2ccc(NC(C)=O)cc2)c2ccccc2)cc1. The number of anilines is 3. The van der Waals surface area contributed by atoms with E-state index in [-0.39, 0.29) is 17.7 Å². The minimum atomic E-state index is -0.471. The van der Waals surface area contributed by atoms with Crippen molar-refractivity contribution in [1.29, 1.82) is 0 Å². The summed E-state index contributed by atoms with van der Waals surface area (Å²) in [5.74, 6) is -0.294. The molecule has 0 radical (unpaired) electrons. The van der Waals surface area contributed by atoms with Crippen LogP contribution in [0.15, 0.2) is 83.8 Å². The van der Waals surface area contributed by atoms with E-state index in [0.717, 1.165) is 29.0 Å². The summed E-state index contributed by atoms with van der Waals surface area (Å²) in [5, 5.41) is 8.12. The maximum Gasteiger partial charge on any atom is 0.242 e. The summed E-state index contributed by atoms with van der Waals surface area (Å²) in [6, 6.07) is 24.1. The highest BCUT2D eigenvalue weighted by molar-refractivity contribution is 8.00. The van der Waals surface area contributed by atoms with Gasteiger partial charge in [-0.1, -0.05) is 43.7 Å². The van der Waals surface area contributed by atoms with Crippen LogP contribution < -0.4 is 16.0 Å². The summed E-state index contributed by atoms with van der Waals surface area (Å²) in [4.78, 5) is 37.3. The number of carbonyl (C=O) groups is 3. The van der Waals surface area contributed by atoms with Gasteiger partial charge in [0.05, 0.1) is 0 Å². The minimum absolute atomic E-state index is 0.00770. The number of thioether (sulfide) groups is 1. The molecule has 34 heavy (non-hydrogen) atoms. The van der Waals surface area contributed by atoms with E-state index in [1.807, 2.05) is 54.6 Å². The van der Waals surface area contributed by atoms with Crippen molar-refractivity contribution in [2.75, 3.05) is 16.0 Å². The quantitative estimate of drug-likeness (QED) is 0.303. The van der Waals surface area contributed by atoms with Crippen LogP contribution in [0.4, 0.5) is 17.1 Å². The average molecular weight is 476 g/mol. The third-order valence-corrected chi connectivity index (χ3v) is 6.23. The van der Waals surface area contributed by atoms with Crippen LogP contribution >= 0.6 is 11.8 Å². The molecular formula is C27H29N3O3S. The molecule has 6 nitrogen and oxygen atoms in total. The van der Waals surface area contributed by atoms with Gasteiger partial charge in [-0.15, -0.1) is 11.8 Å². The number of unbranched alkanes of at least 4 members (excludes halogenated alkanes) is 1. The van der Waals surface area contributed by atoms with Gasteiger partial charge < -0.3 is 16.0 Å². The smallest absolute Gasteiger partial charge is 0.242 e. The van der Waals surface area contributed by atoms with Gasteiger partial charge in [0.2, 0.25) is 17.7 Å². The van der Waals surface area contributed by atoms with Crippen LogP contribution in [-0.4, -0.2) is 17.7 Å². The number of nitrogens with one attached hydrogen (secondary N) is 3. The average Bonchev–Trinajstić information content (AvgIpc) is 2.83. The van der Waals surface area contributed by atoms with Crippen molar-refractivity contribution < 1.29 is 14.4 Å². The first kappa shape index (κ1) is 25.1. The summed E-state index contributed by atoms with van der Waals surface area (Å²) in [6.07, 6.45) is 2.35. The Kier molecular flexibility index (Phi) is 9.29. The molecule has 0 aliphatic carbocycles. The van der Waals surface area contributed by atoms with Crippen LogP contribution in [0.1, 0.15) is 43.9 Å². The van der Waals surface area contributed by atoms with Gasteiger partial charge in [0.25, 0.3) is 0 Å². The van der Waals surface area contributed by atoms with Crippen molar-refractivity contribution in [2.24, 2.45) is 0 Å². The molecule has 0 aliphatic rings. The van der Waals surface area contributed by atoms with Gasteiger partial charge in [0, 0.05) is 35.3 Å². The van der Waals surface area contributed by atoms with E-state index < -0.39 is 5.25 Å². The van der Waals surface area contributed by atoms with E-state index in [9.17, 15) is 14.4 Å². The maximum atomic E-state index is 13.2. The molecule has 3 rings (SSSR count). The lowest BCUT2D eigenvalue weighted by atomic mass is 10.1. The number of amides is 3. The molecule has 3 amide bonds. The summed E-state index contributed by atoms with van der Waals surface area (Å²) in [6.45, 7) is 3.50. The Morgan fingerprint density at radius 3 is 1.91 bits per heavy atom. The predicted molar refractivity (Wildman–Crippen MR) is 139 cm³/mol. The molecule has 3 aromatic rings. The van der Waals surface area contributed by atoms with Crippen LogP contribution in [-0.2, 0) is 14.4 Å². The van der Waals surface area contributed by atoms with E-state index in [0.29, 0.717) is 17.8 Å². The number of hydrogen-bond acceptors (Lipinski definition) is 4. The van der Waals surface area contributed by atoms with E-state index in [2.05, 4.69) is 22.9 Å². The van der Waals surface area contributed by atoms with Crippen molar-refractivity contribution in [3.63, 3.8) is 0 Å². The molecule has 0 saturated carbocycles. The minimum Gasteiger partial charge on any atom is -0.326 e. The first-order chi connectivity index (χ1) is 16.4. The van der Waals surface area contributed by atoms with Crippen LogP contribution in [0.25, 0.3) is 0 Å². The lowest BCUT2D eigenvalue weighted by Gasteiger charge is -2.17. The second kappa shape index (κ2) is 12.6. The number of hydrogen-bond donors (Lipinski definition) is 3. The zero-order valence-corrected chi connectivity index (χ0v) is 20.2. The molecule has 0 aliphatic heterocycles. The highest BCUT2D eigenvalue weighted by Gasteiger charge is 2.22. The molecule has 7 heteroatoms. The second-order valence-electron chi connectivity index (χ2n) is 7.83. The van der Waals surface area contributed by atoms with Gasteiger partial charge in [0.15, 0.2) is 0 Å². The van der Waals surface area contributed by atoms with Gasteiger partial charge in [0.1, 0.15) is 5.25 Å². The molecule has 0 spiro atoms. The highest BCUT2D eigenvalue weighted by atomic mass is 32.2. The van der Waals surface area contributed by atoms with Crippen LogP contribution in [0.2, 0.25) is 0 Å². The van der Waals surface area contributed by atoms with E-state index >= 15 is 0 Å². The third-order valence-electron chi connectivity index (χ3n) is 4.96. The molecule has 1 atom stereocenters. The standard InChI is InChI=1S/C27H29N3O3S/c1-3-4-10-25(32)29-22-15-17-24(18-16-22)34-26(20-8-6-5-7-9-20)27(33)30-23-13-11-21(12-14-23)28-19(2)31/h5-9,11-18,26H,3-4,10H2,1-2H3,(H,28,31)(H,29,32)(H,30,33). The maximum absolute atomic E-state index is 13.2. The third kappa shape index (κ3) is 7.78. The zero-order chi connectivity index (χ0) is 24.3. The highest BCUT2D eigenvalue weighted by Crippen LogP contribution is 2.36. The molecule has 0 bridgehead atoms. The van der Waals surface area contributed by atoms with Crippen molar-refractivity contribution in [2.45, 2.75) is 43.3 Å². The predicted octanol–water partition coefficient (Wildman–Crippen LogP) is 6.25. The van der Waals surface area contributed by atoms with Gasteiger partial charge >= 0.3 is 0 Å². The Labute approximate surface area is 204 Å². The van der Waals surface area contributed by atoms with Crippen LogP contribution in [0.3, 0.4) is 0 Å². The Balaban J connectivity index is 1.71. The monoisotopic (exact) mass is 475 g/mol. The van der Waals surface area contributed by atoms with Crippen LogP contribution in [0.5, 0.6) is 0 Å². The van der Waals surface area contributed by atoms with Crippen molar-refractivity contribution in [1.82, 2.24) is 0 Å². The molecular weight excluding hydrogens is 446 g/mol. The normalized spacial score (nSPS) is 11.4. The fraction of sp³-hybridized carbons (Fsp3) is 0.222. The summed E-state index contributed by atoms with van der Waals surface area (Å²) >= 11 is 1.44. The molecule has 0 fully saturated rings. The fourth-order valence-corrected chi connectivity index (χ4v) is 4.29. The van der Waals surface area contributed by atoms with Gasteiger partial charge in [-0.2, -0.15) is 0 Å². The largest absolute Gasteiger partial charge is 0.326 e. The van der Waals surface area contributed by atoms with Crippen LogP contribution in [0, 0.1) is 0 Å². The van der Waals surface area contributed by atoms with Crippen molar-refractivity contribution >= 4 is 46.5 Å². The molecule has 0 saturated heterocycles. The first-order valence-electron chi connectivity index (χ1n) is 11.2. The second-order valence-corrected chi connectivity index (χ2v) is 9.01. The summed E-state index contributed by atoms with van der Waals surface area (Å²) in [7, 11) is 0. The lowest BCUT2D eigenvalue weighted by molar-refractivity contribution is -0.116. The molecule has 0 heterocycles. The van der Waals surface area contributed by atoms with E-state index in [1.165, 1.54) is 18.7 Å². The summed E-state index contributed by atoms with van der Waals surface area (Å²) in [5.41, 5.74) is 2.94. The van der Waals surface area contributed by atoms with Gasteiger partial charge in [-0.3, -0.25) is 14.4 Å². The Morgan fingerprint density at radius 1 is 0.765 bits per heavy atom. The summed E-state index contributed by atoms with van der Waals surface area (Å²) < 4.78 is 0.